The number of rotatable bonds is 5. The molecule has 110 valence electrons. The van der Waals surface area contributed by atoms with Crippen molar-refractivity contribution < 1.29 is 4.74 Å². The van der Waals surface area contributed by atoms with Crippen LogP contribution in [0.15, 0.2) is 22.7 Å². The Balaban J connectivity index is 1.75. The highest BCUT2D eigenvalue weighted by Gasteiger charge is 2.34. The molecular weight excluding hydrogens is 316 g/mol. The van der Waals surface area contributed by atoms with Gasteiger partial charge in [-0.15, -0.1) is 0 Å². The molecule has 1 saturated carbocycles. The lowest BCUT2D eigenvalue weighted by Gasteiger charge is -2.26. The summed E-state index contributed by atoms with van der Waals surface area (Å²) in [6.07, 6.45) is 4.01. The molecule has 2 aliphatic rings. The van der Waals surface area contributed by atoms with Gasteiger partial charge in [0.2, 0.25) is 0 Å². The average molecular weight is 339 g/mol. The lowest BCUT2D eigenvalue weighted by molar-refractivity contribution is 0.271. The summed E-state index contributed by atoms with van der Waals surface area (Å²) in [4.78, 5) is 2.48. The smallest absolute Gasteiger partial charge is 0.133 e. The van der Waals surface area contributed by atoms with Gasteiger partial charge in [-0.3, -0.25) is 4.90 Å². The highest BCUT2D eigenvalue weighted by atomic mass is 79.9. The van der Waals surface area contributed by atoms with Crippen molar-refractivity contribution in [2.24, 2.45) is 5.92 Å². The third-order valence-electron chi connectivity index (χ3n) is 4.54. The van der Waals surface area contributed by atoms with E-state index in [1.807, 2.05) is 0 Å². The van der Waals surface area contributed by atoms with Crippen LogP contribution in [-0.2, 0) is 0 Å². The SMILES string of the molecule is COc1ccc(C2C(CNC3CC3)CCN2C)cc1Br. The predicted molar refractivity (Wildman–Crippen MR) is 85.2 cm³/mol. The van der Waals surface area contributed by atoms with Crippen LogP contribution in [0.3, 0.4) is 0 Å². The quantitative estimate of drug-likeness (QED) is 0.892. The van der Waals surface area contributed by atoms with Crippen LogP contribution in [0, 0.1) is 5.92 Å². The monoisotopic (exact) mass is 338 g/mol. The molecule has 2 atom stereocenters. The number of methoxy groups -OCH3 is 1. The van der Waals surface area contributed by atoms with Crippen molar-refractivity contribution in [3.05, 3.63) is 28.2 Å². The van der Waals surface area contributed by atoms with Gasteiger partial charge in [0, 0.05) is 18.6 Å². The molecule has 0 spiro atoms. The minimum absolute atomic E-state index is 0.517. The van der Waals surface area contributed by atoms with Crippen molar-refractivity contribution in [1.82, 2.24) is 10.2 Å². The van der Waals surface area contributed by atoms with E-state index in [2.05, 4.69) is 51.4 Å². The van der Waals surface area contributed by atoms with Gasteiger partial charge < -0.3 is 10.1 Å². The first-order valence-electron chi connectivity index (χ1n) is 7.46. The number of nitrogens with one attached hydrogen (secondary N) is 1. The van der Waals surface area contributed by atoms with Crippen LogP contribution < -0.4 is 10.1 Å². The summed E-state index contributed by atoms with van der Waals surface area (Å²) in [6, 6.07) is 7.81. The van der Waals surface area contributed by atoms with Crippen molar-refractivity contribution in [3.63, 3.8) is 0 Å². The van der Waals surface area contributed by atoms with E-state index in [-0.39, 0.29) is 0 Å². The molecule has 0 aromatic heterocycles. The van der Waals surface area contributed by atoms with Crippen molar-refractivity contribution in [2.45, 2.75) is 31.3 Å². The first-order chi connectivity index (χ1) is 9.69. The Kier molecular flexibility index (Phi) is 4.34. The molecule has 3 nitrogen and oxygen atoms in total. The molecule has 4 heteroatoms. The topological polar surface area (TPSA) is 24.5 Å². The van der Waals surface area contributed by atoms with E-state index < -0.39 is 0 Å². The second-order valence-electron chi connectivity index (χ2n) is 6.05. The Labute approximate surface area is 129 Å². The number of hydrogen-bond donors (Lipinski definition) is 1. The van der Waals surface area contributed by atoms with Gasteiger partial charge in [0.25, 0.3) is 0 Å². The molecule has 20 heavy (non-hydrogen) atoms. The molecule has 1 aromatic rings. The van der Waals surface area contributed by atoms with Crippen molar-refractivity contribution in [3.8, 4) is 5.75 Å². The summed E-state index contributed by atoms with van der Waals surface area (Å²) in [6.45, 7) is 2.33. The number of benzene rings is 1. The molecule has 1 aromatic carbocycles. The van der Waals surface area contributed by atoms with Crippen LogP contribution in [-0.4, -0.2) is 38.2 Å². The highest BCUT2D eigenvalue weighted by molar-refractivity contribution is 9.10. The van der Waals surface area contributed by atoms with E-state index in [0.717, 1.165) is 22.8 Å². The zero-order valence-electron chi connectivity index (χ0n) is 12.2. The minimum Gasteiger partial charge on any atom is -0.496 e. The zero-order valence-corrected chi connectivity index (χ0v) is 13.8. The Bertz CT molecular complexity index is 476. The van der Waals surface area contributed by atoms with Crippen LogP contribution in [0.5, 0.6) is 5.75 Å². The van der Waals surface area contributed by atoms with E-state index in [0.29, 0.717) is 12.0 Å². The van der Waals surface area contributed by atoms with E-state index in [4.69, 9.17) is 4.74 Å². The largest absolute Gasteiger partial charge is 0.496 e. The number of nitrogens with zero attached hydrogens (tertiary/aromatic N) is 1. The van der Waals surface area contributed by atoms with Gasteiger partial charge in [-0.05, 0) is 72.4 Å². The summed E-state index contributed by atoms with van der Waals surface area (Å²) >= 11 is 3.61. The molecule has 3 rings (SSSR count). The van der Waals surface area contributed by atoms with Gasteiger partial charge >= 0.3 is 0 Å². The Morgan fingerprint density at radius 3 is 2.80 bits per heavy atom. The molecule has 0 bridgehead atoms. The standard InChI is InChI=1S/C16H23BrN2O/c1-19-8-7-12(10-18-13-4-5-13)16(19)11-3-6-15(20-2)14(17)9-11/h3,6,9,12-13,16,18H,4-5,7-8,10H2,1-2H3. The molecule has 1 saturated heterocycles. The third kappa shape index (κ3) is 3.02. The zero-order chi connectivity index (χ0) is 14.1. The molecular formula is C16H23BrN2O. The fourth-order valence-corrected chi connectivity index (χ4v) is 3.80. The normalized spacial score (nSPS) is 26.9. The highest BCUT2D eigenvalue weighted by Crippen LogP contribution is 2.38. The first-order valence-corrected chi connectivity index (χ1v) is 8.25. The van der Waals surface area contributed by atoms with E-state index >= 15 is 0 Å². The molecule has 1 aliphatic heterocycles. The molecule has 0 radical (unpaired) electrons. The average Bonchev–Trinajstić information content (AvgIpc) is 3.19. The van der Waals surface area contributed by atoms with Crippen LogP contribution in [0.1, 0.15) is 30.9 Å². The second kappa shape index (κ2) is 6.04. The fourth-order valence-electron chi connectivity index (χ4n) is 3.24. The summed E-state index contributed by atoms with van der Waals surface area (Å²) in [5.41, 5.74) is 1.39. The lowest BCUT2D eigenvalue weighted by atomic mass is 9.93. The number of hydrogen-bond acceptors (Lipinski definition) is 3. The number of halogens is 1. The minimum atomic E-state index is 0.517. The van der Waals surface area contributed by atoms with Crippen LogP contribution in [0.2, 0.25) is 0 Å². The van der Waals surface area contributed by atoms with E-state index in [1.165, 1.54) is 31.4 Å². The van der Waals surface area contributed by atoms with Crippen LogP contribution >= 0.6 is 15.9 Å². The summed E-state index contributed by atoms with van der Waals surface area (Å²) in [7, 11) is 3.95. The van der Waals surface area contributed by atoms with Crippen molar-refractivity contribution in [2.75, 3.05) is 27.2 Å². The van der Waals surface area contributed by atoms with Gasteiger partial charge in [-0.2, -0.15) is 0 Å². The van der Waals surface area contributed by atoms with Gasteiger partial charge in [-0.1, -0.05) is 6.07 Å². The number of ether oxygens (including phenoxy) is 1. The van der Waals surface area contributed by atoms with Crippen molar-refractivity contribution in [1.29, 1.82) is 0 Å². The fraction of sp³-hybridized carbons (Fsp3) is 0.625. The van der Waals surface area contributed by atoms with Gasteiger partial charge in [-0.25, -0.2) is 0 Å². The summed E-state index contributed by atoms with van der Waals surface area (Å²) in [5, 5.41) is 3.69. The maximum absolute atomic E-state index is 5.33. The molecule has 1 heterocycles. The first kappa shape index (κ1) is 14.4. The Morgan fingerprint density at radius 1 is 1.35 bits per heavy atom. The van der Waals surface area contributed by atoms with Crippen molar-refractivity contribution >= 4 is 15.9 Å². The van der Waals surface area contributed by atoms with Gasteiger partial charge in [0.15, 0.2) is 0 Å². The molecule has 2 fully saturated rings. The molecule has 0 amide bonds. The molecule has 1 aliphatic carbocycles. The van der Waals surface area contributed by atoms with Gasteiger partial charge in [0.05, 0.1) is 11.6 Å². The maximum atomic E-state index is 5.33. The van der Waals surface area contributed by atoms with Gasteiger partial charge in [0.1, 0.15) is 5.75 Å². The Hall–Kier alpha value is -0.580. The third-order valence-corrected chi connectivity index (χ3v) is 5.16. The molecule has 2 unspecified atom stereocenters. The van der Waals surface area contributed by atoms with Crippen LogP contribution in [0.4, 0.5) is 0 Å². The van der Waals surface area contributed by atoms with E-state index in [9.17, 15) is 0 Å². The number of likely N-dealkylation sites (tertiary alicyclic amines) is 1. The van der Waals surface area contributed by atoms with E-state index in [1.54, 1.807) is 7.11 Å². The summed E-state index contributed by atoms with van der Waals surface area (Å²) < 4.78 is 6.38. The summed E-state index contributed by atoms with van der Waals surface area (Å²) in [5.74, 6) is 1.61. The maximum Gasteiger partial charge on any atom is 0.133 e. The second-order valence-corrected chi connectivity index (χ2v) is 6.91. The molecule has 1 N–H and O–H groups in total. The predicted octanol–water partition coefficient (Wildman–Crippen LogP) is 3.20. The van der Waals surface area contributed by atoms with Crippen LogP contribution in [0.25, 0.3) is 0 Å². The lowest BCUT2D eigenvalue weighted by Crippen LogP contribution is -2.29. The Morgan fingerprint density at radius 2 is 2.15 bits per heavy atom.